The van der Waals surface area contributed by atoms with E-state index >= 15 is 0 Å². The highest BCUT2D eigenvalue weighted by Crippen LogP contribution is 2.18. The molecule has 0 aliphatic rings. The molecule has 3 rings (SSSR count). The van der Waals surface area contributed by atoms with Crippen LogP contribution in [0.2, 0.25) is 0 Å². The zero-order valence-electron chi connectivity index (χ0n) is 18.2. The Morgan fingerprint density at radius 2 is 1.77 bits per heavy atom. The molecule has 0 bridgehead atoms. The number of phenolic OH excluding ortho intramolecular Hbond substituents is 1. The van der Waals surface area contributed by atoms with E-state index in [4.69, 9.17) is 4.74 Å². The van der Waals surface area contributed by atoms with E-state index in [2.05, 4.69) is 5.10 Å². The van der Waals surface area contributed by atoms with Gasteiger partial charge in [-0.1, -0.05) is 12.1 Å². The molecule has 0 aliphatic carbocycles. The van der Waals surface area contributed by atoms with Gasteiger partial charge in [0.2, 0.25) is 0 Å². The minimum atomic E-state index is -0.401. The number of hydrogen-bond donors (Lipinski definition) is 1. The molecule has 3 aromatic rings. The molecule has 0 aliphatic heterocycles. The van der Waals surface area contributed by atoms with E-state index in [1.54, 1.807) is 66.9 Å². The highest BCUT2D eigenvalue weighted by Gasteiger charge is 2.19. The van der Waals surface area contributed by atoms with Gasteiger partial charge < -0.3 is 14.7 Å². The number of esters is 1. The maximum absolute atomic E-state index is 12.9. The van der Waals surface area contributed by atoms with Crippen molar-refractivity contribution in [3.05, 3.63) is 77.1 Å². The van der Waals surface area contributed by atoms with Gasteiger partial charge in [0.05, 0.1) is 24.2 Å². The second-order valence-corrected chi connectivity index (χ2v) is 7.46. The lowest BCUT2D eigenvalue weighted by atomic mass is 10.1. The van der Waals surface area contributed by atoms with E-state index in [9.17, 15) is 14.7 Å². The molecule has 7 heteroatoms. The van der Waals surface area contributed by atoms with Crippen molar-refractivity contribution >= 4 is 11.9 Å². The zero-order valence-corrected chi connectivity index (χ0v) is 18.2. The smallest absolute Gasteiger partial charge is 0.341 e. The first-order chi connectivity index (χ1) is 14.8. The molecule has 0 radical (unpaired) electrons. The molecule has 0 spiro atoms. The van der Waals surface area contributed by atoms with Crippen molar-refractivity contribution < 1.29 is 19.4 Å². The minimum absolute atomic E-state index is 0.0165. The fourth-order valence-corrected chi connectivity index (χ4v) is 3.34. The number of amides is 1. The summed E-state index contributed by atoms with van der Waals surface area (Å²) in [4.78, 5) is 26.6. The van der Waals surface area contributed by atoms with Crippen LogP contribution >= 0.6 is 0 Å². The number of phenols is 1. The van der Waals surface area contributed by atoms with Crippen molar-refractivity contribution in [1.29, 1.82) is 0 Å². The van der Waals surface area contributed by atoms with E-state index in [1.807, 2.05) is 19.1 Å². The molecule has 1 heterocycles. The molecule has 1 amide bonds. The third kappa shape index (κ3) is 4.94. The predicted octanol–water partition coefficient (Wildman–Crippen LogP) is 3.77. The molecular weight excluding hydrogens is 394 g/mol. The largest absolute Gasteiger partial charge is 0.508 e. The summed E-state index contributed by atoms with van der Waals surface area (Å²) in [7, 11) is 1.78. The number of likely N-dealkylation sites (N-methyl/N-ethyl adjacent to an activating group) is 1. The van der Waals surface area contributed by atoms with Gasteiger partial charge in [0, 0.05) is 18.7 Å². The molecular formula is C24H27N3O4. The first kappa shape index (κ1) is 22.1. The van der Waals surface area contributed by atoms with Crippen LogP contribution in [0.5, 0.6) is 5.75 Å². The summed E-state index contributed by atoms with van der Waals surface area (Å²) in [5, 5.41) is 13.7. The second kappa shape index (κ2) is 9.47. The summed E-state index contributed by atoms with van der Waals surface area (Å²) in [5.74, 6) is -0.257. The van der Waals surface area contributed by atoms with Crippen LogP contribution in [0.4, 0.5) is 0 Å². The third-order valence-corrected chi connectivity index (χ3v) is 5.31. The predicted molar refractivity (Wildman–Crippen MR) is 118 cm³/mol. The SMILES string of the molecule is CCOC(=O)c1cnn(-c2ccc(C(=O)N(C)C(C)Cc3ccc(O)cc3)cc2)c1C. The number of ether oxygens (including phenoxy) is 1. The average molecular weight is 421 g/mol. The maximum Gasteiger partial charge on any atom is 0.341 e. The van der Waals surface area contributed by atoms with Gasteiger partial charge in [-0.3, -0.25) is 4.79 Å². The van der Waals surface area contributed by atoms with Gasteiger partial charge in [0.25, 0.3) is 5.91 Å². The highest BCUT2D eigenvalue weighted by molar-refractivity contribution is 5.94. The summed E-state index contributed by atoms with van der Waals surface area (Å²) >= 11 is 0. The molecule has 0 fully saturated rings. The van der Waals surface area contributed by atoms with Crippen LogP contribution in [0.25, 0.3) is 5.69 Å². The quantitative estimate of drug-likeness (QED) is 0.587. The van der Waals surface area contributed by atoms with E-state index in [1.165, 1.54) is 6.20 Å². The van der Waals surface area contributed by atoms with Crippen LogP contribution in [-0.2, 0) is 11.2 Å². The van der Waals surface area contributed by atoms with E-state index in [-0.39, 0.29) is 17.7 Å². The van der Waals surface area contributed by atoms with Gasteiger partial charge in [-0.15, -0.1) is 0 Å². The highest BCUT2D eigenvalue weighted by atomic mass is 16.5. The average Bonchev–Trinajstić information content (AvgIpc) is 3.16. The molecule has 7 nitrogen and oxygen atoms in total. The Labute approximate surface area is 181 Å². The second-order valence-electron chi connectivity index (χ2n) is 7.46. The lowest BCUT2D eigenvalue weighted by Gasteiger charge is -2.25. The van der Waals surface area contributed by atoms with E-state index < -0.39 is 5.97 Å². The minimum Gasteiger partial charge on any atom is -0.508 e. The fraction of sp³-hybridized carbons (Fsp3) is 0.292. The van der Waals surface area contributed by atoms with Gasteiger partial charge >= 0.3 is 5.97 Å². The van der Waals surface area contributed by atoms with Crippen molar-refractivity contribution in [3.63, 3.8) is 0 Å². The number of aromatic nitrogens is 2. The van der Waals surface area contributed by atoms with Crippen molar-refractivity contribution in [2.24, 2.45) is 0 Å². The summed E-state index contributed by atoms with van der Waals surface area (Å²) in [6.07, 6.45) is 2.18. The number of benzene rings is 2. The summed E-state index contributed by atoms with van der Waals surface area (Å²) in [6.45, 7) is 5.86. The number of rotatable bonds is 7. The van der Waals surface area contributed by atoms with E-state index in [0.717, 1.165) is 11.3 Å². The summed E-state index contributed by atoms with van der Waals surface area (Å²) < 4.78 is 6.70. The first-order valence-corrected chi connectivity index (χ1v) is 10.2. The Kier molecular flexibility index (Phi) is 6.74. The molecule has 1 aromatic heterocycles. The Morgan fingerprint density at radius 1 is 1.13 bits per heavy atom. The van der Waals surface area contributed by atoms with Crippen LogP contribution in [-0.4, -0.2) is 51.4 Å². The molecule has 0 saturated carbocycles. The molecule has 1 unspecified atom stereocenters. The van der Waals surface area contributed by atoms with Gasteiger partial charge in [-0.2, -0.15) is 5.10 Å². The number of nitrogens with zero attached hydrogens (tertiary/aromatic N) is 3. The van der Waals surface area contributed by atoms with Gasteiger partial charge in [-0.05, 0) is 69.2 Å². The molecule has 2 aromatic carbocycles. The summed E-state index contributed by atoms with van der Waals surface area (Å²) in [6, 6.07) is 14.1. The van der Waals surface area contributed by atoms with Crippen LogP contribution in [0, 0.1) is 6.92 Å². The Morgan fingerprint density at radius 3 is 2.39 bits per heavy atom. The monoisotopic (exact) mass is 421 g/mol. The zero-order chi connectivity index (χ0) is 22.5. The van der Waals surface area contributed by atoms with Crippen molar-refractivity contribution in [3.8, 4) is 11.4 Å². The number of carbonyl (C=O) groups excluding carboxylic acids is 2. The van der Waals surface area contributed by atoms with E-state index in [0.29, 0.717) is 29.8 Å². The standard InChI is InChI=1S/C24H27N3O4/c1-5-31-24(30)22-15-25-27(17(22)3)20-10-8-19(9-11-20)23(29)26(4)16(2)14-18-6-12-21(28)13-7-18/h6-13,15-16,28H,5,14H2,1-4H3. The van der Waals surface area contributed by atoms with Crippen molar-refractivity contribution in [2.45, 2.75) is 33.2 Å². The number of carbonyl (C=O) groups is 2. The molecule has 1 N–H and O–H groups in total. The molecule has 31 heavy (non-hydrogen) atoms. The van der Waals surface area contributed by atoms with Crippen LogP contribution < -0.4 is 0 Å². The van der Waals surface area contributed by atoms with Crippen LogP contribution in [0.15, 0.2) is 54.7 Å². The van der Waals surface area contributed by atoms with Crippen LogP contribution in [0.1, 0.15) is 45.8 Å². The molecule has 0 saturated heterocycles. The Balaban J connectivity index is 1.71. The normalized spacial score (nSPS) is 11.7. The topological polar surface area (TPSA) is 84.7 Å². The lowest BCUT2D eigenvalue weighted by Crippen LogP contribution is -2.36. The fourth-order valence-electron chi connectivity index (χ4n) is 3.34. The van der Waals surface area contributed by atoms with Gasteiger partial charge in [-0.25, -0.2) is 9.48 Å². The van der Waals surface area contributed by atoms with Crippen molar-refractivity contribution in [1.82, 2.24) is 14.7 Å². The third-order valence-electron chi connectivity index (χ3n) is 5.31. The van der Waals surface area contributed by atoms with Crippen molar-refractivity contribution in [2.75, 3.05) is 13.7 Å². The molecule has 162 valence electrons. The molecule has 1 atom stereocenters. The van der Waals surface area contributed by atoms with Gasteiger partial charge in [0.15, 0.2) is 0 Å². The van der Waals surface area contributed by atoms with Crippen LogP contribution in [0.3, 0.4) is 0 Å². The summed E-state index contributed by atoms with van der Waals surface area (Å²) in [5.41, 5.74) is 3.47. The van der Waals surface area contributed by atoms with Gasteiger partial charge in [0.1, 0.15) is 11.3 Å². The lowest BCUT2D eigenvalue weighted by molar-refractivity contribution is 0.0525. The number of aromatic hydroxyl groups is 1. The number of hydrogen-bond acceptors (Lipinski definition) is 5. The first-order valence-electron chi connectivity index (χ1n) is 10.2. The maximum atomic E-state index is 12.9. The Bertz CT molecular complexity index is 1060. The Hall–Kier alpha value is -3.61.